The van der Waals surface area contributed by atoms with Gasteiger partial charge in [-0.3, -0.25) is 14.9 Å². The fourth-order valence-corrected chi connectivity index (χ4v) is 2.67. The van der Waals surface area contributed by atoms with E-state index in [1.165, 1.54) is 13.0 Å². The number of nitro benzene ring substituents is 1. The highest BCUT2D eigenvalue weighted by atomic mass is 16.6. The molecule has 0 saturated carbocycles. The first-order valence-electron chi connectivity index (χ1n) is 7.29. The van der Waals surface area contributed by atoms with Crippen molar-refractivity contribution >= 4 is 17.2 Å². The van der Waals surface area contributed by atoms with Crippen molar-refractivity contribution in [1.82, 2.24) is 0 Å². The Balaban J connectivity index is 2.23. The second-order valence-corrected chi connectivity index (χ2v) is 5.32. The van der Waals surface area contributed by atoms with Crippen LogP contribution in [0, 0.1) is 10.1 Å². The third-order valence-corrected chi connectivity index (χ3v) is 3.74. The van der Waals surface area contributed by atoms with Crippen LogP contribution in [0.4, 0.5) is 11.4 Å². The van der Waals surface area contributed by atoms with Gasteiger partial charge in [-0.2, -0.15) is 0 Å². The second-order valence-electron chi connectivity index (χ2n) is 5.32. The van der Waals surface area contributed by atoms with E-state index in [2.05, 4.69) is 0 Å². The molecule has 1 atom stereocenters. The summed E-state index contributed by atoms with van der Waals surface area (Å²) in [5, 5.41) is 20.1. The molecule has 1 N–H and O–H groups in total. The Hall–Kier alpha value is -1.99. The van der Waals surface area contributed by atoms with Gasteiger partial charge in [0.15, 0.2) is 5.78 Å². The largest absolute Gasteiger partial charge is 0.394 e. The van der Waals surface area contributed by atoms with Gasteiger partial charge in [0, 0.05) is 24.7 Å². The van der Waals surface area contributed by atoms with E-state index in [-0.39, 0.29) is 30.8 Å². The lowest BCUT2D eigenvalue weighted by molar-refractivity contribution is -0.384. The van der Waals surface area contributed by atoms with E-state index >= 15 is 0 Å². The molecular weight excluding hydrogens is 288 g/mol. The summed E-state index contributed by atoms with van der Waals surface area (Å²) in [5.41, 5.74) is 0.781. The minimum absolute atomic E-state index is 0.0377. The van der Waals surface area contributed by atoms with Crippen LogP contribution >= 0.6 is 0 Å². The zero-order valence-electron chi connectivity index (χ0n) is 12.5. The normalized spacial score (nSPS) is 18.3. The molecule has 0 bridgehead atoms. The Kier molecular flexibility index (Phi) is 5.46. The number of hydrogen-bond donors (Lipinski definition) is 1. The zero-order chi connectivity index (χ0) is 16.1. The number of ketones is 1. The summed E-state index contributed by atoms with van der Waals surface area (Å²) in [5.74, 6) is -0.197. The highest BCUT2D eigenvalue weighted by molar-refractivity contribution is 5.95. The first-order chi connectivity index (χ1) is 10.5. The molecule has 120 valence electrons. The van der Waals surface area contributed by atoms with Crippen molar-refractivity contribution in [3.8, 4) is 0 Å². The molecule has 1 aromatic carbocycles. The van der Waals surface area contributed by atoms with E-state index in [9.17, 15) is 14.9 Å². The number of benzene rings is 1. The summed E-state index contributed by atoms with van der Waals surface area (Å²) in [6.07, 6.45) is 1.69. The average molecular weight is 308 g/mol. The third-order valence-electron chi connectivity index (χ3n) is 3.74. The fourth-order valence-electron chi connectivity index (χ4n) is 2.67. The average Bonchev–Trinajstić information content (AvgIpc) is 2.52. The van der Waals surface area contributed by atoms with Crippen molar-refractivity contribution in [2.24, 2.45) is 0 Å². The number of Topliss-reactive ketones (excluding diaryl/α,β-unsaturated/α-hetero) is 1. The number of rotatable bonds is 6. The van der Waals surface area contributed by atoms with E-state index < -0.39 is 4.92 Å². The van der Waals surface area contributed by atoms with Gasteiger partial charge in [0.05, 0.1) is 24.2 Å². The number of nitro groups is 1. The third kappa shape index (κ3) is 3.80. The quantitative estimate of drug-likeness (QED) is 0.489. The molecule has 1 aliphatic rings. The molecule has 0 amide bonds. The first-order valence-corrected chi connectivity index (χ1v) is 7.29. The number of ether oxygens (including phenoxy) is 1. The van der Waals surface area contributed by atoms with E-state index in [0.717, 1.165) is 12.8 Å². The van der Waals surface area contributed by atoms with Crippen LogP contribution in [0.1, 0.15) is 30.1 Å². The molecule has 7 nitrogen and oxygen atoms in total. The predicted molar refractivity (Wildman–Crippen MR) is 81.4 cm³/mol. The molecule has 22 heavy (non-hydrogen) atoms. The lowest BCUT2D eigenvalue weighted by Crippen LogP contribution is -2.40. The zero-order valence-corrected chi connectivity index (χ0v) is 12.5. The summed E-state index contributed by atoms with van der Waals surface area (Å²) >= 11 is 0. The standard InChI is InChI=1S/C15H20N2O5/c1-11(19)12-4-5-14(15(9-12)17(20)21)16-6-2-3-13(10-16)22-8-7-18/h4-5,9,13,18H,2-3,6-8,10H2,1H3. The molecular formula is C15H20N2O5. The van der Waals surface area contributed by atoms with Crippen LogP contribution in [0.5, 0.6) is 0 Å². The summed E-state index contributed by atoms with van der Waals surface area (Å²) in [6, 6.07) is 4.57. The Bertz CT molecular complexity index is 561. The maximum Gasteiger partial charge on any atom is 0.293 e. The summed E-state index contributed by atoms with van der Waals surface area (Å²) in [7, 11) is 0. The van der Waals surface area contributed by atoms with Crippen LogP contribution in [-0.2, 0) is 4.74 Å². The van der Waals surface area contributed by atoms with Crippen LogP contribution in [0.25, 0.3) is 0 Å². The van der Waals surface area contributed by atoms with Gasteiger partial charge >= 0.3 is 0 Å². The van der Waals surface area contributed by atoms with E-state index in [1.54, 1.807) is 12.1 Å². The lowest BCUT2D eigenvalue weighted by atomic mass is 10.0. The van der Waals surface area contributed by atoms with E-state index in [1.807, 2.05) is 4.90 Å². The van der Waals surface area contributed by atoms with Crippen molar-refractivity contribution in [3.63, 3.8) is 0 Å². The molecule has 0 aromatic heterocycles. The van der Waals surface area contributed by atoms with Crippen LogP contribution in [-0.4, -0.2) is 48.2 Å². The van der Waals surface area contributed by atoms with Gasteiger partial charge in [-0.15, -0.1) is 0 Å². The number of anilines is 1. The highest BCUT2D eigenvalue weighted by Crippen LogP contribution is 2.31. The van der Waals surface area contributed by atoms with Gasteiger partial charge in [0.1, 0.15) is 5.69 Å². The first kappa shape index (κ1) is 16.4. The van der Waals surface area contributed by atoms with Crippen molar-refractivity contribution < 1.29 is 19.6 Å². The SMILES string of the molecule is CC(=O)c1ccc(N2CCCC(OCCO)C2)c([N+](=O)[O-])c1. The van der Waals surface area contributed by atoms with Gasteiger partial charge in [0.2, 0.25) is 0 Å². The van der Waals surface area contributed by atoms with Crippen LogP contribution < -0.4 is 4.90 Å². The molecule has 1 fully saturated rings. The molecule has 1 aliphatic heterocycles. The number of nitrogens with zero attached hydrogens (tertiary/aromatic N) is 2. The maximum atomic E-state index is 11.4. The van der Waals surface area contributed by atoms with Gasteiger partial charge < -0.3 is 14.7 Å². The smallest absolute Gasteiger partial charge is 0.293 e. The van der Waals surface area contributed by atoms with Gasteiger partial charge in [-0.1, -0.05) is 0 Å². The molecule has 2 rings (SSSR count). The molecule has 0 radical (unpaired) electrons. The second kappa shape index (κ2) is 7.33. The molecule has 1 aromatic rings. The number of aliphatic hydroxyl groups excluding tert-OH is 1. The van der Waals surface area contributed by atoms with Gasteiger partial charge in [-0.25, -0.2) is 0 Å². The highest BCUT2D eigenvalue weighted by Gasteiger charge is 2.26. The topological polar surface area (TPSA) is 92.9 Å². The number of aliphatic hydroxyl groups is 1. The summed E-state index contributed by atoms with van der Waals surface area (Å²) < 4.78 is 5.53. The molecule has 1 unspecified atom stereocenters. The summed E-state index contributed by atoms with van der Waals surface area (Å²) in [6.45, 7) is 2.87. The van der Waals surface area contributed by atoms with Crippen molar-refractivity contribution in [3.05, 3.63) is 33.9 Å². The van der Waals surface area contributed by atoms with Gasteiger partial charge in [0.25, 0.3) is 5.69 Å². The number of carbonyl (C=O) groups is 1. The molecule has 7 heteroatoms. The minimum Gasteiger partial charge on any atom is -0.394 e. The van der Waals surface area contributed by atoms with E-state index in [0.29, 0.717) is 24.3 Å². The maximum absolute atomic E-state index is 11.4. The van der Waals surface area contributed by atoms with Crippen molar-refractivity contribution in [2.75, 3.05) is 31.2 Å². The number of piperidine rings is 1. The van der Waals surface area contributed by atoms with Crippen LogP contribution in [0.2, 0.25) is 0 Å². The van der Waals surface area contributed by atoms with E-state index in [4.69, 9.17) is 9.84 Å². The lowest BCUT2D eigenvalue weighted by Gasteiger charge is -2.33. The molecule has 0 spiro atoms. The number of carbonyl (C=O) groups excluding carboxylic acids is 1. The minimum atomic E-state index is -0.458. The number of hydrogen-bond acceptors (Lipinski definition) is 6. The van der Waals surface area contributed by atoms with Crippen LogP contribution in [0.15, 0.2) is 18.2 Å². The molecule has 1 saturated heterocycles. The molecule has 1 heterocycles. The Morgan fingerprint density at radius 2 is 2.32 bits per heavy atom. The van der Waals surface area contributed by atoms with Gasteiger partial charge in [-0.05, 0) is 31.9 Å². The summed E-state index contributed by atoms with van der Waals surface area (Å²) in [4.78, 5) is 24.1. The van der Waals surface area contributed by atoms with Crippen molar-refractivity contribution in [2.45, 2.75) is 25.9 Å². The Morgan fingerprint density at radius 1 is 1.55 bits per heavy atom. The molecule has 0 aliphatic carbocycles. The van der Waals surface area contributed by atoms with Crippen molar-refractivity contribution in [1.29, 1.82) is 0 Å². The fraction of sp³-hybridized carbons (Fsp3) is 0.533. The van der Waals surface area contributed by atoms with Crippen LogP contribution in [0.3, 0.4) is 0 Å². The predicted octanol–water partition coefficient (Wildman–Crippen LogP) is 1.78. The Morgan fingerprint density at radius 3 is 2.95 bits per heavy atom. The Labute approximate surface area is 128 Å². The monoisotopic (exact) mass is 308 g/mol.